The molecule has 1 heterocycles. The fourth-order valence-electron chi connectivity index (χ4n) is 3.41. The van der Waals surface area contributed by atoms with Crippen LogP contribution in [0.15, 0.2) is 77.2 Å². The summed E-state index contributed by atoms with van der Waals surface area (Å²) in [6.07, 6.45) is -0.118. The van der Waals surface area contributed by atoms with Crippen molar-refractivity contribution in [2.24, 2.45) is 5.73 Å². The molecule has 1 amide bonds. The number of hydrogen-bond acceptors (Lipinski definition) is 6. The SMILES string of the molecule is Cl.N=C(N)c1ccc2cc(OC(=O)c3ccc(CNC(=O)c4ccc(CC(=O)O)cc4)o3)ccc2c1. The zero-order valence-corrected chi connectivity index (χ0v) is 19.6. The van der Waals surface area contributed by atoms with Crippen molar-refractivity contribution in [2.45, 2.75) is 13.0 Å². The van der Waals surface area contributed by atoms with E-state index in [2.05, 4.69) is 5.32 Å². The molecule has 0 spiro atoms. The molecule has 0 saturated heterocycles. The number of amidine groups is 1. The first-order valence-corrected chi connectivity index (χ1v) is 10.6. The zero-order valence-electron chi connectivity index (χ0n) is 18.8. The Bertz CT molecular complexity index is 1450. The summed E-state index contributed by atoms with van der Waals surface area (Å²) in [6, 6.07) is 19.7. The molecule has 0 atom stereocenters. The standard InChI is InChI=1S/C26H21N3O6.ClH/c27-24(28)19-6-5-18-13-20(8-7-17(18)12-19)35-26(33)22-10-9-21(34-22)14-29-25(32)16-3-1-15(2-4-16)11-23(30)31;/h1-10,12-13H,11,14H2,(H3,27,28)(H,29,32)(H,30,31);1H. The number of hydrogen-bond donors (Lipinski definition) is 4. The average Bonchev–Trinajstić information content (AvgIpc) is 3.31. The third-order valence-electron chi connectivity index (χ3n) is 5.19. The third kappa shape index (κ3) is 6.28. The Morgan fingerprint density at radius 2 is 1.58 bits per heavy atom. The summed E-state index contributed by atoms with van der Waals surface area (Å²) < 4.78 is 10.9. The van der Waals surface area contributed by atoms with Crippen LogP contribution in [0, 0.1) is 5.41 Å². The molecule has 0 radical (unpaired) electrons. The molecule has 0 aliphatic rings. The number of nitrogen functional groups attached to an aromatic ring is 1. The maximum absolute atomic E-state index is 12.5. The first-order chi connectivity index (χ1) is 16.8. The Balaban J connectivity index is 0.00000361. The molecule has 0 fully saturated rings. The van der Waals surface area contributed by atoms with E-state index in [1.165, 1.54) is 6.07 Å². The number of aliphatic carboxylic acids is 1. The predicted octanol–water partition coefficient (Wildman–Crippen LogP) is 3.91. The molecule has 0 aliphatic carbocycles. The van der Waals surface area contributed by atoms with Gasteiger partial charge in [0.15, 0.2) is 0 Å². The fourth-order valence-corrected chi connectivity index (χ4v) is 3.41. The van der Waals surface area contributed by atoms with Crippen LogP contribution in [-0.4, -0.2) is 28.8 Å². The van der Waals surface area contributed by atoms with Gasteiger partial charge in [0.1, 0.15) is 17.3 Å². The van der Waals surface area contributed by atoms with Crippen molar-refractivity contribution in [3.05, 3.63) is 101 Å². The minimum Gasteiger partial charge on any atom is -0.481 e. The largest absolute Gasteiger partial charge is 0.481 e. The highest BCUT2D eigenvalue weighted by Gasteiger charge is 2.15. The van der Waals surface area contributed by atoms with E-state index in [9.17, 15) is 14.4 Å². The van der Waals surface area contributed by atoms with Crippen molar-refractivity contribution < 1.29 is 28.6 Å². The lowest BCUT2D eigenvalue weighted by atomic mass is 10.1. The molecular weight excluding hydrogens is 486 g/mol. The Labute approximate surface area is 211 Å². The highest BCUT2D eigenvalue weighted by molar-refractivity contribution is 5.99. The number of benzene rings is 3. The number of esters is 1. The fraction of sp³-hybridized carbons (Fsp3) is 0.0769. The van der Waals surface area contributed by atoms with E-state index >= 15 is 0 Å². The number of furan rings is 1. The van der Waals surface area contributed by atoms with Gasteiger partial charge in [-0.05, 0) is 58.8 Å². The van der Waals surface area contributed by atoms with Gasteiger partial charge < -0.3 is 25.3 Å². The molecule has 0 aliphatic heterocycles. The lowest BCUT2D eigenvalue weighted by molar-refractivity contribution is -0.136. The Morgan fingerprint density at radius 1 is 0.917 bits per heavy atom. The normalized spacial score (nSPS) is 10.3. The summed E-state index contributed by atoms with van der Waals surface area (Å²) in [6.45, 7) is 0.0530. The number of rotatable bonds is 8. The van der Waals surface area contributed by atoms with Crippen molar-refractivity contribution in [1.82, 2.24) is 5.32 Å². The maximum Gasteiger partial charge on any atom is 0.379 e. The Kier molecular flexibility index (Phi) is 8.08. The molecule has 184 valence electrons. The van der Waals surface area contributed by atoms with Crippen LogP contribution < -0.4 is 15.8 Å². The third-order valence-corrected chi connectivity index (χ3v) is 5.19. The first-order valence-electron chi connectivity index (χ1n) is 10.6. The van der Waals surface area contributed by atoms with Crippen LogP contribution in [0.3, 0.4) is 0 Å². The Morgan fingerprint density at radius 3 is 2.28 bits per heavy atom. The van der Waals surface area contributed by atoms with E-state index in [-0.39, 0.29) is 42.9 Å². The lowest BCUT2D eigenvalue weighted by Crippen LogP contribution is -2.22. The van der Waals surface area contributed by atoms with Crippen LogP contribution in [0.2, 0.25) is 0 Å². The van der Waals surface area contributed by atoms with Gasteiger partial charge in [-0.25, -0.2) is 4.79 Å². The highest BCUT2D eigenvalue weighted by Crippen LogP contribution is 2.23. The monoisotopic (exact) mass is 507 g/mol. The number of amides is 1. The van der Waals surface area contributed by atoms with E-state index < -0.39 is 11.9 Å². The van der Waals surface area contributed by atoms with E-state index in [1.54, 1.807) is 66.7 Å². The van der Waals surface area contributed by atoms with E-state index in [4.69, 9.17) is 25.4 Å². The van der Waals surface area contributed by atoms with Crippen LogP contribution in [0.5, 0.6) is 5.75 Å². The number of carbonyl (C=O) groups is 3. The molecule has 9 nitrogen and oxygen atoms in total. The summed E-state index contributed by atoms with van der Waals surface area (Å²) >= 11 is 0. The number of carbonyl (C=O) groups excluding carboxylic acids is 2. The second kappa shape index (κ2) is 11.2. The quantitative estimate of drug-likeness (QED) is 0.122. The molecule has 36 heavy (non-hydrogen) atoms. The molecule has 5 N–H and O–H groups in total. The number of nitrogens with two attached hydrogens (primary N) is 1. The summed E-state index contributed by atoms with van der Waals surface area (Å²) in [4.78, 5) is 35.6. The van der Waals surface area contributed by atoms with Gasteiger partial charge in [0, 0.05) is 11.1 Å². The van der Waals surface area contributed by atoms with Gasteiger partial charge in [0.25, 0.3) is 5.91 Å². The van der Waals surface area contributed by atoms with Crippen molar-refractivity contribution in [3.8, 4) is 5.75 Å². The van der Waals surface area contributed by atoms with Crippen LogP contribution in [0.25, 0.3) is 10.8 Å². The smallest absolute Gasteiger partial charge is 0.379 e. The van der Waals surface area contributed by atoms with Gasteiger partial charge in [0.2, 0.25) is 5.76 Å². The van der Waals surface area contributed by atoms with Gasteiger partial charge in [-0.15, -0.1) is 12.4 Å². The van der Waals surface area contributed by atoms with Crippen LogP contribution in [0.4, 0.5) is 0 Å². The summed E-state index contributed by atoms with van der Waals surface area (Å²) in [5.41, 5.74) is 7.09. The van der Waals surface area contributed by atoms with Crippen LogP contribution in [0.1, 0.15) is 37.8 Å². The molecule has 1 aromatic heterocycles. The number of ether oxygens (including phenoxy) is 1. The van der Waals surface area contributed by atoms with Gasteiger partial charge in [-0.3, -0.25) is 15.0 Å². The second-order valence-corrected chi connectivity index (χ2v) is 7.74. The average molecular weight is 508 g/mol. The lowest BCUT2D eigenvalue weighted by Gasteiger charge is -2.06. The van der Waals surface area contributed by atoms with E-state index in [0.29, 0.717) is 28.2 Å². The number of carboxylic acids is 1. The zero-order chi connectivity index (χ0) is 24.9. The van der Waals surface area contributed by atoms with Crippen molar-refractivity contribution >= 4 is 46.9 Å². The molecule has 4 rings (SSSR count). The highest BCUT2D eigenvalue weighted by atomic mass is 35.5. The molecule has 0 unspecified atom stereocenters. The topological polar surface area (TPSA) is 156 Å². The molecule has 3 aromatic carbocycles. The second-order valence-electron chi connectivity index (χ2n) is 7.74. The first kappa shape index (κ1) is 26.0. The number of nitrogens with one attached hydrogen (secondary N) is 2. The van der Waals surface area contributed by atoms with E-state index in [0.717, 1.165) is 10.8 Å². The van der Waals surface area contributed by atoms with Crippen LogP contribution in [-0.2, 0) is 17.8 Å². The number of fused-ring (bicyclic) bond motifs is 1. The molecule has 4 aromatic rings. The van der Waals surface area contributed by atoms with Gasteiger partial charge in [0.05, 0.1) is 13.0 Å². The molecule has 0 bridgehead atoms. The molecular formula is C26H22ClN3O6. The summed E-state index contributed by atoms with van der Waals surface area (Å²) in [5.74, 6) is -1.34. The number of halogens is 1. The molecule has 10 heteroatoms. The number of carboxylic acid groups (broad SMARTS) is 1. The minimum atomic E-state index is -0.946. The minimum absolute atomic E-state index is 0. The summed E-state index contributed by atoms with van der Waals surface area (Å²) in [7, 11) is 0. The van der Waals surface area contributed by atoms with E-state index in [1.807, 2.05) is 0 Å². The van der Waals surface area contributed by atoms with Gasteiger partial charge >= 0.3 is 11.9 Å². The van der Waals surface area contributed by atoms with Gasteiger partial charge in [-0.1, -0.05) is 30.3 Å². The van der Waals surface area contributed by atoms with Crippen LogP contribution >= 0.6 is 12.4 Å². The predicted molar refractivity (Wildman–Crippen MR) is 135 cm³/mol. The van der Waals surface area contributed by atoms with Crippen molar-refractivity contribution in [3.63, 3.8) is 0 Å². The molecule has 0 saturated carbocycles. The summed E-state index contributed by atoms with van der Waals surface area (Å²) in [5, 5.41) is 20.7. The van der Waals surface area contributed by atoms with Crippen molar-refractivity contribution in [1.29, 1.82) is 5.41 Å². The maximum atomic E-state index is 12.5. The Hall–Kier alpha value is -4.63. The van der Waals surface area contributed by atoms with Crippen molar-refractivity contribution in [2.75, 3.05) is 0 Å². The van der Waals surface area contributed by atoms with Gasteiger partial charge in [-0.2, -0.15) is 0 Å².